The number of benzene rings is 1. The van der Waals surface area contributed by atoms with Crippen LogP contribution < -0.4 is 5.32 Å². The molecule has 2 saturated heterocycles. The second kappa shape index (κ2) is 5.91. The molecule has 120 valence electrons. The first kappa shape index (κ1) is 15.3. The number of fused-ring (bicyclic) bond motifs is 2. The molecule has 2 amide bonds. The Hall–Kier alpha value is -1.56. The van der Waals surface area contributed by atoms with Crippen molar-refractivity contribution in [2.75, 3.05) is 6.54 Å². The van der Waals surface area contributed by atoms with E-state index in [9.17, 15) is 13.2 Å². The van der Waals surface area contributed by atoms with Crippen LogP contribution in [-0.2, 0) is 9.84 Å². The van der Waals surface area contributed by atoms with E-state index in [0.717, 1.165) is 12.8 Å². The van der Waals surface area contributed by atoms with Crippen LogP contribution in [0.15, 0.2) is 35.2 Å². The molecule has 0 saturated carbocycles. The molecule has 6 heteroatoms. The number of hydrogen-bond donors (Lipinski definition) is 1. The maximum Gasteiger partial charge on any atom is 0.317 e. The van der Waals surface area contributed by atoms with E-state index in [-0.39, 0.29) is 23.4 Å². The van der Waals surface area contributed by atoms with Crippen LogP contribution in [0.25, 0.3) is 0 Å². The highest BCUT2D eigenvalue weighted by molar-refractivity contribution is 7.92. The van der Waals surface area contributed by atoms with Gasteiger partial charge in [-0.05, 0) is 44.7 Å². The minimum atomic E-state index is -3.31. The zero-order chi connectivity index (χ0) is 15.7. The molecule has 1 aromatic carbocycles. The van der Waals surface area contributed by atoms with Gasteiger partial charge in [0.05, 0.1) is 10.1 Å². The van der Waals surface area contributed by atoms with Crippen molar-refractivity contribution in [3.05, 3.63) is 30.3 Å². The van der Waals surface area contributed by atoms with Gasteiger partial charge >= 0.3 is 6.03 Å². The molecule has 2 aliphatic rings. The number of amides is 2. The summed E-state index contributed by atoms with van der Waals surface area (Å²) in [4.78, 5) is 14.4. The number of carbonyl (C=O) groups is 1. The van der Waals surface area contributed by atoms with Gasteiger partial charge in [0, 0.05) is 18.6 Å². The number of piperidine rings is 1. The van der Waals surface area contributed by atoms with Gasteiger partial charge in [0.1, 0.15) is 0 Å². The zero-order valence-corrected chi connectivity index (χ0v) is 13.6. The van der Waals surface area contributed by atoms with Crippen LogP contribution in [0.4, 0.5) is 4.79 Å². The molecule has 0 radical (unpaired) electrons. The molecule has 0 aromatic heterocycles. The normalized spacial score (nSPS) is 27.7. The Bertz CT molecular complexity index is 631. The molecule has 1 N–H and O–H groups in total. The van der Waals surface area contributed by atoms with Gasteiger partial charge in [0.15, 0.2) is 9.84 Å². The first-order valence-corrected chi connectivity index (χ1v) is 9.43. The predicted octanol–water partition coefficient (Wildman–Crippen LogP) is 2.19. The van der Waals surface area contributed by atoms with Crippen molar-refractivity contribution in [3.8, 4) is 0 Å². The van der Waals surface area contributed by atoms with Crippen LogP contribution >= 0.6 is 0 Å². The Morgan fingerprint density at radius 1 is 1.18 bits per heavy atom. The molecule has 1 aromatic rings. The minimum absolute atomic E-state index is 0.0498. The number of urea groups is 1. The van der Waals surface area contributed by atoms with Crippen molar-refractivity contribution in [2.45, 2.75) is 54.8 Å². The third-order valence-corrected chi connectivity index (χ3v) is 6.95. The molecular formula is C16H22N2O3S. The molecule has 3 rings (SSSR count). The second-order valence-electron chi connectivity index (χ2n) is 6.08. The number of carbonyl (C=O) groups excluding carboxylic acids is 1. The van der Waals surface area contributed by atoms with Gasteiger partial charge in [-0.3, -0.25) is 0 Å². The molecule has 0 unspecified atom stereocenters. The van der Waals surface area contributed by atoms with E-state index in [1.54, 1.807) is 24.3 Å². The topological polar surface area (TPSA) is 66.5 Å². The molecule has 2 atom stereocenters. The van der Waals surface area contributed by atoms with Crippen molar-refractivity contribution in [1.29, 1.82) is 0 Å². The number of nitrogens with zero attached hydrogens (tertiary/aromatic N) is 1. The predicted molar refractivity (Wildman–Crippen MR) is 84.4 cm³/mol. The first-order valence-electron chi connectivity index (χ1n) is 7.89. The number of rotatable bonds is 3. The van der Waals surface area contributed by atoms with E-state index in [2.05, 4.69) is 5.32 Å². The molecule has 2 aliphatic heterocycles. The lowest BCUT2D eigenvalue weighted by Crippen LogP contribution is -2.53. The van der Waals surface area contributed by atoms with Gasteiger partial charge < -0.3 is 10.2 Å². The summed E-state index contributed by atoms with van der Waals surface area (Å²) >= 11 is 0. The molecule has 5 nitrogen and oxygen atoms in total. The fourth-order valence-corrected chi connectivity index (χ4v) is 5.63. The number of sulfone groups is 1. The summed E-state index contributed by atoms with van der Waals surface area (Å²) in [6, 6.07) is 8.70. The first-order chi connectivity index (χ1) is 10.5. The fraction of sp³-hybridized carbons (Fsp3) is 0.562. The van der Waals surface area contributed by atoms with Crippen LogP contribution in [-0.4, -0.2) is 43.2 Å². The lowest BCUT2D eigenvalue weighted by atomic mass is 10.0. The summed E-state index contributed by atoms with van der Waals surface area (Å²) < 4.78 is 25.6. The summed E-state index contributed by atoms with van der Waals surface area (Å²) in [5, 5.41) is 2.46. The van der Waals surface area contributed by atoms with E-state index in [4.69, 9.17) is 0 Å². The maximum absolute atomic E-state index is 12.8. The minimum Gasteiger partial charge on any atom is -0.338 e. The fourth-order valence-electron chi connectivity index (χ4n) is 3.76. The zero-order valence-electron chi connectivity index (χ0n) is 12.7. The van der Waals surface area contributed by atoms with Crippen molar-refractivity contribution < 1.29 is 13.2 Å². The monoisotopic (exact) mass is 322 g/mol. The highest BCUT2D eigenvalue weighted by Crippen LogP contribution is 2.39. The highest BCUT2D eigenvalue weighted by atomic mass is 32.2. The van der Waals surface area contributed by atoms with Crippen LogP contribution in [0, 0.1) is 0 Å². The molecular weight excluding hydrogens is 300 g/mol. The summed E-state index contributed by atoms with van der Waals surface area (Å²) in [6.07, 6.45) is 2.90. The third kappa shape index (κ3) is 2.60. The lowest BCUT2D eigenvalue weighted by Gasteiger charge is -2.38. The average molecular weight is 322 g/mol. The van der Waals surface area contributed by atoms with E-state index in [1.165, 1.54) is 0 Å². The van der Waals surface area contributed by atoms with Crippen LogP contribution in [0.1, 0.15) is 32.6 Å². The summed E-state index contributed by atoms with van der Waals surface area (Å²) in [7, 11) is -3.31. The summed E-state index contributed by atoms with van der Waals surface area (Å²) in [5.41, 5.74) is 0. The van der Waals surface area contributed by atoms with Gasteiger partial charge in [-0.1, -0.05) is 18.2 Å². The Morgan fingerprint density at radius 3 is 2.32 bits per heavy atom. The second-order valence-corrected chi connectivity index (χ2v) is 8.31. The summed E-state index contributed by atoms with van der Waals surface area (Å²) in [6.45, 7) is 2.49. The van der Waals surface area contributed by atoms with Gasteiger partial charge in [-0.2, -0.15) is 0 Å². The van der Waals surface area contributed by atoms with Crippen molar-refractivity contribution >= 4 is 15.9 Å². The molecule has 0 aliphatic carbocycles. The van der Waals surface area contributed by atoms with Gasteiger partial charge in [-0.25, -0.2) is 13.2 Å². The largest absolute Gasteiger partial charge is 0.338 e. The van der Waals surface area contributed by atoms with Gasteiger partial charge in [0.2, 0.25) is 0 Å². The van der Waals surface area contributed by atoms with E-state index < -0.39 is 9.84 Å². The van der Waals surface area contributed by atoms with Crippen molar-refractivity contribution in [1.82, 2.24) is 10.2 Å². The molecule has 2 fully saturated rings. The Morgan fingerprint density at radius 2 is 1.77 bits per heavy atom. The Kier molecular flexibility index (Phi) is 4.12. The maximum atomic E-state index is 12.8. The smallest absolute Gasteiger partial charge is 0.317 e. The van der Waals surface area contributed by atoms with Crippen LogP contribution in [0.2, 0.25) is 0 Å². The highest BCUT2D eigenvalue weighted by Gasteiger charge is 2.47. The SMILES string of the molecule is CCNC(=O)N1[C@@H]2CC[C@@H]1CC(S(=O)(=O)c1ccccc1)C2. The van der Waals surface area contributed by atoms with Gasteiger partial charge in [-0.15, -0.1) is 0 Å². The molecule has 2 bridgehead atoms. The standard InChI is InChI=1S/C16H22N2O3S/c1-2-17-16(19)18-12-8-9-13(18)11-15(10-12)22(20,21)14-6-4-3-5-7-14/h3-7,12-13,15H,2,8-11H2,1H3,(H,17,19)/t12-,13-/m1/s1. The van der Waals surface area contributed by atoms with Crippen LogP contribution in [0.3, 0.4) is 0 Å². The Labute approximate surface area is 131 Å². The van der Waals surface area contributed by atoms with Gasteiger partial charge in [0.25, 0.3) is 0 Å². The van der Waals surface area contributed by atoms with E-state index in [1.807, 2.05) is 17.9 Å². The lowest BCUT2D eigenvalue weighted by molar-refractivity contribution is 0.148. The third-order valence-electron chi connectivity index (χ3n) is 4.76. The van der Waals surface area contributed by atoms with Crippen molar-refractivity contribution in [2.24, 2.45) is 0 Å². The van der Waals surface area contributed by atoms with E-state index in [0.29, 0.717) is 24.3 Å². The number of nitrogens with one attached hydrogen (secondary N) is 1. The van der Waals surface area contributed by atoms with Crippen molar-refractivity contribution in [3.63, 3.8) is 0 Å². The average Bonchev–Trinajstić information content (AvgIpc) is 2.78. The van der Waals surface area contributed by atoms with Crippen LogP contribution in [0.5, 0.6) is 0 Å². The summed E-state index contributed by atoms with van der Waals surface area (Å²) in [5.74, 6) is 0. The molecule has 22 heavy (non-hydrogen) atoms. The quantitative estimate of drug-likeness (QED) is 0.927. The molecule has 0 spiro atoms. The Balaban J connectivity index is 1.80. The van der Waals surface area contributed by atoms with E-state index >= 15 is 0 Å². The molecule has 2 heterocycles. The number of hydrogen-bond acceptors (Lipinski definition) is 3.